The van der Waals surface area contributed by atoms with Crippen LogP contribution in [0.25, 0.3) is 0 Å². The van der Waals surface area contributed by atoms with Crippen LogP contribution >= 0.6 is 0 Å². The lowest BCUT2D eigenvalue weighted by atomic mass is 10.1. The predicted molar refractivity (Wildman–Crippen MR) is 275 cm³/mol. The van der Waals surface area contributed by atoms with Crippen LogP contribution in [-0.4, -0.2) is 154 Å². The standard InChI is InChI=1S/C29H38N4O4.C26H32N4O3/c1-22(2)35-28-11-7-6-10-27(28)32-18-16-31(17-19-32)21-25-20-26(30-37-25)29(34)33-14-12-24(13-15-33)36-23-8-4-3-5-9-23;1-19(2)32-25-10-6-5-9-24(25)29-15-13-28(14-16-29)18-21-17-22(27-33-21)26(31)30-12-11-20-7-3-4-8-23(20)30/h3-11,22,24-25H,12-21H2,1-2H3;3-10,19,21H,11-18H2,1-2H3/t25-;21-/m11/s1. The van der Waals surface area contributed by atoms with Gasteiger partial charge in [-0.3, -0.25) is 19.4 Å². The molecule has 0 saturated carbocycles. The molecule has 6 aliphatic heterocycles. The summed E-state index contributed by atoms with van der Waals surface area (Å²) in [5.74, 6) is 2.76. The van der Waals surface area contributed by atoms with E-state index in [1.54, 1.807) is 0 Å². The van der Waals surface area contributed by atoms with Crippen molar-refractivity contribution in [2.45, 2.75) is 90.3 Å². The van der Waals surface area contributed by atoms with Gasteiger partial charge in [-0.05, 0) is 82.1 Å². The van der Waals surface area contributed by atoms with Gasteiger partial charge in [0.15, 0.2) is 0 Å². The van der Waals surface area contributed by atoms with Crippen molar-refractivity contribution in [3.63, 3.8) is 0 Å². The molecule has 372 valence electrons. The average Bonchev–Trinajstić information content (AvgIpc) is 4.16. The number of anilines is 3. The molecule has 10 rings (SSSR count). The number of carbonyl (C=O) groups excluding carboxylic acids is 2. The molecule has 15 nitrogen and oxygen atoms in total. The van der Waals surface area contributed by atoms with Gasteiger partial charge < -0.3 is 43.5 Å². The number of rotatable bonds is 14. The molecule has 4 aromatic carbocycles. The van der Waals surface area contributed by atoms with Gasteiger partial charge in [-0.1, -0.05) is 71.0 Å². The third-order valence-electron chi connectivity index (χ3n) is 13.7. The number of nitrogens with zero attached hydrogens (tertiary/aromatic N) is 8. The highest BCUT2D eigenvalue weighted by Crippen LogP contribution is 2.33. The number of piperazine rings is 2. The highest BCUT2D eigenvalue weighted by molar-refractivity contribution is 6.44. The van der Waals surface area contributed by atoms with Crippen molar-refractivity contribution in [2.24, 2.45) is 10.3 Å². The number of likely N-dealkylation sites (tertiary alicyclic amines) is 1. The molecule has 0 spiro atoms. The second-order valence-electron chi connectivity index (χ2n) is 19.5. The summed E-state index contributed by atoms with van der Waals surface area (Å²) in [7, 11) is 0. The summed E-state index contributed by atoms with van der Waals surface area (Å²) in [5, 5.41) is 8.36. The van der Waals surface area contributed by atoms with Gasteiger partial charge in [0.2, 0.25) is 0 Å². The zero-order valence-corrected chi connectivity index (χ0v) is 41.4. The summed E-state index contributed by atoms with van der Waals surface area (Å²) in [4.78, 5) is 50.8. The van der Waals surface area contributed by atoms with Gasteiger partial charge in [-0.15, -0.1) is 0 Å². The highest BCUT2D eigenvalue weighted by atomic mass is 16.6. The van der Waals surface area contributed by atoms with Crippen molar-refractivity contribution < 1.29 is 33.5 Å². The molecule has 6 aliphatic rings. The number of piperidine rings is 1. The van der Waals surface area contributed by atoms with E-state index < -0.39 is 0 Å². The van der Waals surface area contributed by atoms with E-state index in [-0.39, 0.29) is 42.3 Å². The fourth-order valence-corrected chi connectivity index (χ4v) is 10.1. The summed E-state index contributed by atoms with van der Waals surface area (Å²) < 4.78 is 18.1. The zero-order chi connectivity index (χ0) is 48.4. The number of hydrogen-bond acceptors (Lipinski definition) is 13. The third-order valence-corrected chi connectivity index (χ3v) is 13.7. The van der Waals surface area contributed by atoms with E-state index in [0.717, 1.165) is 119 Å². The molecule has 15 heteroatoms. The smallest absolute Gasteiger partial charge is 0.276 e. The second-order valence-corrected chi connectivity index (χ2v) is 19.5. The molecule has 2 atom stereocenters. The summed E-state index contributed by atoms with van der Waals surface area (Å²) in [6.45, 7) is 19.4. The first-order chi connectivity index (χ1) is 34.1. The van der Waals surface area contributed by atoms with E-state index in [9.17, 15) is 9.59 Å². The first kappa shape index (κ1) is 48.7. The number of ether oxygens (including phenoxy) is 3. The Morgan fingerprint density at radius 3 is 1.56 bits per heavy atom. The molecule has 0 bridgehead atoms. The van der Waals surface area contributed by atoms with Crippen LogP contribution in [0.4, 0.5) is 17.1 Å². The SMILES string of the molecule is CC(C)Oc1ccccc1N1CCN(C[C@H]2CC(C(=O)N3CCC(Oc4ccccc4)CC3)=NO2)CC1.CC(C)Oc1ccccc1N1CCN(C[C@H]2CC(C(=O)N3CCc4ccccc43)=NO2)CC1. The van der Waals surface area contributed by atoms with Crippen molar-refractivity contribution in [1.29, 1.82) is 0 Å². The molecule has 0 N–H and O–H groups in total. The number of benzene rings is 4. The fraction of sp³-hybridized carbons (Fsp3) is 0.491. The number of amides is 2. The van der Waals surface area contributed by atoms with Crippen LogP contribution in [0.1, 0.15) is 58.9 Å². The topological polar surface area (TPSA) is 124 Å². The molecule has 0 unspecified atom stereocenters. The van der Waals surface area contributed by atoms with Crippen molar-refractivity contribution >= 4 is 40.3 Å². The molecule has 4 aromatic rings. The molecule has 3 fully saturated rings. The Morgan fingerprint density at radius 1 is 0.557 bits per heavy atom. The van der Waals surface area contributed by atoms with Crippen molar-refractivity contribution in [3.8, 4) is 17.2 Å². The van der Waals surface area contributed by atoms with E-state index in [4.69, 9.17) is 23.9 Å². The molecule has 0 aliphatic carbocycles. The summed E-state index contributed by atoms with van der Waals surface area (Å²) in [6, 6.07) is 34.5. The minimum atomic E-state index is -0.0685. The number of carbonyl (C=O) groups is 2. The monoisotopic (exact) mass is 955 g/mol. The van der Waals surface area contributed by atoms with Crippen LogP contribution < -0.4 is 28.9 Å². The lowest BCUT2D eigenvalue weighted by molar-refractivity contribution is -0.126. The van der Waals surface area contributed by atoms with Crippen LogP contribution in [0, 0.1) is 0 Å². The molecule has 6 heterocycles. The molecule has 0 radical (unpaired) electrons. The molecule has 3 saturated heterocycles. The zero-order valence-electron chi connectivity index (χ0n) is 41.4. The van der Waals surface area contributed by atoms with Crippen molar-refractivity contribution in [3.05, 3.63) is 109 Å². The number of fused-ring (bicyclic) bond motifs is 1. The normalized spacial score (nSPS) is 20.8. The van der Waals surface area contributed by atoms with E-state index in [2.05, 4.69) is 87.9 Å². The highest BCUT2D eigenvalue weighted by Gasteiger charge is 2.36. The van der Waals surface area contributed by atoms with Crippen LogP contribution in [0.2, 0.25) is 0 Å². The van der Waals surface area contributed by atoms with E-state index >= 15 is 0 Å². The van der Waals surface area contributed by atoms with E-state index in [1.807, 2.05) is 82.6 Å². The average molecular weight is 955 g/mol. The quantitative estimate of drug-likeness (QED) is 0.128. The summed E-state index contributed by atoms with van der Waals surface area (Å²) in [5.41, 5.74) is 5.62. The Balaban J connectivity index is 0.000000175. The van der Waals surface area contributed by atoms with Gasteiger partial charge >= 0.3 is 0 Å². The third kappa shape index (κ3) is 12.3. The maximum atomic E-state index is 13.1. The van der Waals surface area contributed by atoms with Crippen LogP contribution in [0.5, 0.6) is 17.2 Å². The van der Waals surface area contributed by atoms with Crippen molar-refractivity contribution in [2.75, 3.05) is 99.8 Å². The van der Waals surface area contributed by atoms with Gasteiger partial charge in [0.1, 0.15) is 47.0 Å². The molecule has 70 heavy (non-hydrogen) atoms. The van der Waals surface area contributed by atoms with Crippen molar-refractivity contribution in [1.82, 2.24) is 14.7 Å². The Labute approximate surface area is 413 Å². The number of oxime groups is 2. The Kier molecular flexibility index (Phi) is 16.0. The molecular weight excluding hydrogens is 885 g/mol. The second kappa shape index (κ2) is 23.1. The largest absolute Gasteiger partial charge is 0.490 e. The maximum Gasteiger partial charge on any atom is 0.276 e. The minimum Gasteiger partial charge on any atom is -0.490 e. The van der Waals surface area contributed by atoms with Crippen LogP contribution in [-0.2, 0) is 25.7 Å². The first-order valence-corrected chi connectivity index (χ1v) is 25.5. The Hall–Kier alpha value is -6.32. The summed E-state index contributed by atoms with van der Waals surface area (Å²) >= 11 is 0. The number of para-hydroxylation sites is 6. The Bertz CT molecular complexity index is 2430. The Morgan fingerprint density at radius 2 is 1.03 bits per heavy atom. The lowest BCUT2D eigenvalue weighted by Crippen LogP contribution is -2.49. The van der Waals surface area contributed by atoms with Gasteiger partial charge in [0.05, 0.1) is 23.6 Å². The predicted octanol–water partition coefficient (Wildman–Crippen LogP) is 7.14. The van der Waals surface area contributed by atoms with Crippen LogP contribution in [0.3, 0.4) is 0 Å². The fourth-order valence-electron chi connectivity index (χ4n) is 10.1. The first-order valence-electron chi connectivity index (χ1n) is 25.5. The minimum absolute atomic E-state index is 0.00670. The van der Waals surface area contributed by atoms with Crippen LogP contribution in [0.15, 0.2) is 113 Å². The lowest BCUT2D eigenvalue weighted by Gasteiger charge is -2.37. The maximum absolute atomic E-state index is 13.1. The van der Waals surface area contributed by atoms with Gasteiger partial charge in [-0.25, -0.2) is 0 Å². The number of hydrogen-bond donors (Lipinski definition) is 0. The van der Waals surface area contributed by atoms with Gasteiger partial charge in [0.25, 0.3) is 11.8 Å². The van der Waals surface area contributed by atoms with E-state index in [0.29, 0.717) is 43.9 Å². The summed E-state index contributed by atoms with van der Waals surface area (Å²) in [6.07, 6.45) is 4.00. The van der Waals surface area contributed by atoms with Gasteiger partial charge in [-0.2, -0.15) is 0 Å². The molecule has 2 amide bonds. The van der Waals surface area contributed by atoms with E-state index in [1.165, 1.54) is 5.56 Å². The molecule has 0 aromatic heterocycles. The molecular formula is C55H70N8O7. The van der Waals surface area contributed by atoms with Gasteiger partial charge in [0, 0.05) is 116 Å².